The van der Waals surface area contributed by atoms with Crippen molar-refractivity contribution in [2.24, 2.45) is 0 Å². The van der Waals surface area contributed by atoms with Crippen LogP contribution < -0.4 is 10.6 Å². The zero-order chi connectivity index (χ0) is 9.80. The Hall–Kier alpha value is -1.62. The molecule has 0 unspecified atom stereocenters. The van der Waals surface area contributed by atoms with Crippen LogP contribution in [0.15, 0.2) is 18.6 Å². The minimum atomic E-state index is 0.855. The Balaban J connectivity index is 2.19. The number of nitrogens with one attached hydrogen (secondary N) is 3. The topological polar surface area (TPSA) is 65.6 Å². The molecule has 2 rings (SSSR count). The van der Waals surface area contributed by atoms with E-state index >= 15 is 0 Å². The van der Waals surface area contributed by atoms with Crippen LogP contribution >= 0.6 is 0 Å². The SMILES string of the molecule is CNCCNc1ncnc2[nH]ccc12. The van der Waals surface area contributed by atoms with E-state index in [1.807, 2.05) is 19.3 Å². The summed E-state index contributed by atoms with van der Waals surface area (Å²) in [6.45, 7) is 1.77. The smallest absolute Gasteiger partial charge is 0.142 e. The summed E-state index contributed by atoms with van der Waals surface area (Å²) in [7, 11) is 1.92. The van der Waals surface area contributed by atoms with Gasteiger partial charge in [-0.05, 0) is 13.1 Å². The van der Waals surface area contributed by atoms with Gasteiger partial charge < -0.3 is 15.6 Å². The van der Waals surface area contributed by atoms with Gasteiger partial charge in [0.05, 0.1) is 5.39 Å². The zero-order valence-corrected chi connectivity index (χ0v) is 8.04. The van der Waals surface area contributed by atoms with Gasteiger partial charge >= 0.3 is 0 Å². The maximum absolute atomic E-state index is 4.18. The molecule has 0 aliphatic heterocycles. The number of hydrogen-bond donors (Lipinski definition) is 3. The fraction of sp³-hybridized carbons (Fsp3) is 0.333. The van der Waals surface area contributed by atoms with E-state index in [0.717, 1.165) is 29.9 Å². The number of hydrogen-bond acceptors (Lipinski definition) is 4. The van der Waals surface area contributed by atoms with Crippen molar-refractivity contribution in [3.05, 3.63) is 18.6 Å². The summed E-state index contributed by atoms with van der Waals surface area (Å²) in [5, 5.41) is 7.34. The quantitative estimate of drug-likeness (QED) is 0.619. The summed E-state index contributed by atoms with van der Waals surface area (Å²) in [6, 6.07) is 1.97. The van der Waals surface area contributed by atoms with Gasteiger partial charge in [-0.15, -0.1) is 0 Å². The highest BCUT2D eigenvalue weighted by Gasteiger charge is 2.02. The van der Waals surface area contributed by atoms with Gasteiger partial charge in [0, 0.05) is 19.3 Å². The van der Waals surface area contributed by atoms with Crippen molar-refractivity contribution in [3.63, 3.8) is 0 Å². The van der Waals surface area contributed by atoms with Crippen molar-refractivity contribution in [2.75, 3.05) is 25.5 Å². The molecule has 5 nitrogen and oxygen atoms in total. The van der Waals surface area contributed by atoms with Gasteiger partial charge in [-0.25, -0.2) is 9.97 Å². The second-order valence-corrected chi connectivity index (χ2v) is 2.99. The molecule has 3 N–H and O–H groups in total. The summed E-state index contributed by atoms with van der Waals surface area (Å²) < 4.78 is 0. The molecule has 0 atom stereocenters. The van der Waals surface area contributed by atoms with Crippen molar-refractivity contribution in [2.45, 2.75) is 0 Å². The fourth-order valence-electron chi connectivity index (χ4n) is 1.32. The van der Waals surface area contributed by atoms with Crippen LogP contribution in [0.4, 0.5) is 5.82 Å². The van der Waals surface area contributed by atoms with Crippen molar-refractivity contribution < 1.29 is 0 Å². The number of aromatic amines is 1. The lowest BCUT2D eigenvalue weighted by atomic mass is 10.4. The summed E-state index contributed by atoms with van der Waals surface area (Å²) >= 11 is 0. The molecule has 0 aliphatic rings. The molecule has 0 fully saturated rings. The molecule has 0 bridgehead atoms. The molecular weight excluding hydrogens is 178 g/mol. The molecule has 0 spiro atoms. The van der Waals surface area contributed by atoms with Crippen LogP contribution in [-0.2, 0) is 0 Å². The second kappa shape index (κ2) is 4.06. The van der Waals surface area contributed by atoms with Crippen molar-refractivity contribution in [1.29, 1.82) is 0 Å². The van der Waals surface area contributed by atoms with E-state index in [1.165, 1.54) is 0 Å². The molecule has 2 heterocycles. The lowest BCUT2D eigenvalue weighted by Crippen LogP contribution is -2.18. The van der Waals surface area contributed by atoms with E-state index in [9.17, 15) is 0 Å². The van der Waals surface area contributed by atoms with E-state index in [2.05, 4.69) is 25.6 Å². The van der Waals surface area contributed by atoms with E-state index < -0.39 is 0 Å². The van der Waals surface area contributed by atoms with Gasteiger partial charge in [-0.2, -0.15) is 0 Å². The van der Waals surface area contributed by atoms with Crippen molar-refractivity contribution in [3.8, 4) is 0 Å². The van der Waals surface area contributed by atoms with E-state index in [4.69, 9.17) is 0 Å². The summed E-state index contributed by atoms with van der Waals surface area (Å²) in [5.74, 6) is 0.881. The second-order valence-electron chi connectivity index (χ2n) is 2.99. The number of aromatic nitrogens is 3. The average Bonchev–Trinajstić information content (AvgIpc) is 2.67. The highest BCUT2D eigenvalue weighted by molar-refractivity contribution is 5.86. The van der Waals surface area contributed by atoms with E-state index in [-0.39, 0.29) is 0 Å². The predicted molar refractivity (Wildman–Crippen MR) is 56.3 cm³/mol. The Morgan fingerprint density at radius 2 is 2.29 bits per heavy atom. The third-order valence-corrected chi connectivity index (χ3v) is 2.02. The van der Waals surface area contributed by atoms with Crippen LogP contribution in [0, 0.1) is 0 Å². The first-order valence-electron chi connectivity index (χ1n) is 4.58. The minimum Gasteiger partial charge on any atom is -0.368 e. The Kier molecular flexibility index (Phi) is 2.60. The lowest BCUT2D eigenvalue weighted by Gasteiger charge is -2.04. The molecule has 0 saturated heterocycles. The molecule has 0 radical (unpaired) electrons. The van der Waals surface area contributed by atoms with E-state index in [0.29, 0.717) is 0 Å². The van der Waals surface area contributed by atoms with Crippen LogP contribution in [0.1, 0.15) is 0 Å². The van der Waals surface area contributed by atoms with Crippen LogP contribution in [0.5, 0.6) is 0 Å². The van der Waals surface area contributed by atoms with Gasteiger partial charge in [-0.3, -0.25) is 0 Å². The predicted octanol–water partition coefficient (Wildman–Crippen LogP) is 0.589. The first-order chi connectivity index (χ1) is 6.92. The number of H-pyrrole nitrogens is 1. The van der Waals surface area contributed by atoms with Crippen LogP contribution in [0.3, 0.4) is 0 Å². The molecule has 14 heavy (non-hydrogen) atoms. The summed E-state index contributed by atoms with van der Waals surface area (Å²) in [4.78, 5) is 11.3. The van der Waals surface area contributed by atoms with Crippen molar-refractivity contribution in [1.82, 2.24) is 20.3 Å². The molecule has 0 aliphatic carbocycles. The van der Waals surface area contributed by atoms with Crippen LogP contribution in [-0.4, -0.2) is 35.1 Å². The molecule has 0 saturated carbocycles. The molecule has 2 aromatic heterocycles. The Morgan fingerprint density at radius 1 is 1.36 bits per heavy atom. The minimum absolute atomic E-state index is 0.855. The first kappa shape index (κ1) is 8.96. The molecule has 0 aromatic carbocycles. The number of rotatable bonds is 4. The Labute approximate surface area is 82.0 Å². The molecule has 0 amide bonds. The third-order valence-electron chi connectivity index (χ3n) is 2.02. The summed E-state index contributed by atoms with van der Waals surface area (Å²) in [6.07, 6.45) is 3.42. The normalized spacial score (nSPS) is 10.6. The number of anilines is 1. The summed E-state index contributed by atoms with van der Waals surface area (Å²) in [5.41, 5.74) is 0.868. The average molecular weight is 191 g/mol. The number of fused-ring (bicyclic) bond motifs is 1. The maximum atomic E-state index is 4.18. The van der Waals surface area contributed by atoms with Gasteiger partial charge in [0.1, 0.15) is 17.8 Å². The third kappa shape index (κ3) is 1.67. The number of likely N-dealkylation sites (N-methyl/N-ethyl adjacent to an activating group) is 1. The fourth-order valence-corrected chi connectivity index (χ4v) is 1.32. The van der Waals surface area contributed by atoms with Gasteiger partial charge in [-0.1, -0.05) is 0 Å². The molecule has 2 aromatic rings. The zero-order valence-electron chi connectivity index (χ0n) is 8.04. The Bertz CT molecular complexity index is 408. The molecular formula is C9H13N5. The van der Waals surface area contributed by atoms with Gasteiger partial charge in [0.15, 0.2) is 0 Å². The standard InChI is InChI=1S/C9H13N5/c1-10-4-5-12-9-7-2-3-11-8(7)13-6-14-9/h2-3,6,10H,4-5H2,1H3,(H2,11,12,13,14). The van der Waals surface area contributed by atoms with Crippen molar-refractivity contribution >= 4 is 16.9 Å². The van der Waals surface area contributed by atoms with Crippen LogP contribution in [0.2, 0.25) is 0 Å². The molecule has 74 valence electrons. The highest BCUT2D eigenvalue weighted by atomic mass is 15.0. The van der Waals surface area contributed by atoms with Gasteiger partial charge in [0.25, 0.3) is 0 Å². The highest BCUT2D eigenvalue weighted by Crippen LogP contribution is 2.16. The monoisotopic (exact) mass is 191 g/mol. The number of nitrogens with zero attached hydrogens (tertiary/aromatic N) is 2. The first-order valence-corrected chi connectivity index (χ1v) is 4.58. The lowest BCUT2D eigenvalue weighted by molar-refractivity contribution is 0.822. The largest absolute Gasteiger partial charge is 0.368 e. The van der Waals surface area contributed by atoms with Crippen LogP contribution in [0.25, 0.3) is 11.0 Å². The van der Waals surface area contributed by atoms with Gasteiger partial charge in [0.2, 0.25) is 0 Å². The molecule has 5 heteroatoms. The Morgan fingerprint density at radius 3 is 3.14 bits per heavy atom. The maximum Gasteiger partial charge on any atom is 0.142 e. The van der Waals surface area contributed by atoms with E-state index in [1.54, 1.807) is 6.33 Å².